The number of ether oxygens (including phenoxy) is 3. The molecule has 1 aliphatic rings. The van der Waals surface area contributed by atoms with Crippen molar-refractivity contribution >= 4 is 28.4 Å². The van der Waals surface area contributed by atoms with E-state index in [2.05, 4.69) is 54.4 Å². The number of pyridine rings is 1. The lowest BCUT2D eigenvalue weighted by molar-refractivity contribution is -0.00100. The summed E-state index contributed by atoms with van der Waals surface area (Å²) < 4.78 is 16.9. The van der Waals surface area contributed by atoms with Crippen LogP contribution in [0.4, 0.5) is 17.6 Å². The fraction of sp³-hybridized carbons (Fsp3) is 0.250. The summed E-state index contributed by atoms with van der Waals surface area (Å²) in [5.41, 5.74) is 0.888. The quantitative estimate of drug-likeness (QED) is 0.255. The highest BCUT2D eigenvalue weighted by Crippen LogP contribution is 2.23. The fourth-order valence-electron chi connectivity index (χ4n) is 3.49. The first-order valence-electron chi connectivity index (χ1n) is 10.8. The number of halogens is 2. The summed E-state index contributed by atoms with van der Waals surface area (Å²) in [5.74, 6) is 1.66. The number of anilines is 3. The van der Waals surface area contributed by atoms with E-state index in [-0.39, 0.29) is 37.4 Å². The van der Waals surface area contributed by atoms with Crippen LogP contribution in [0.3, 0.4) is 0 Å². The van der Waals surface area contributed by atoms with Gasteiger partial charge in [0.1, 0.15) is 19.0 Å². The van der Waals surface area contributed by atoms with Gasteiger partial charge in [-0.3, -0.25) is 4.98 Å². The van der Waals surface area contributed by atoms with E-state index in [1.807, 2.05) is 30.3 Å². The van der Waals surface area contributed by atoms with E-state index < -0.39 is 0 Å². The number of rotatable bonds is 8. The molecule has 184 valence electrons. The zero-order valence-electron chi connectivity index (χ0n) is 18.8. The van der Waals surface area contributed by atoms with E-state index >= 15 is 0 Å². The van der Waals surface area contributed by atoms with Gasteiger partial charge in [0.2, 0.25) is 11.9 Å². The van der Waals surface area contributed by atoms with Crippen LogP contribution in [0.2, 0.25) is 0 Å². The van der Waals surface area contributed by atoms with Gasteiger partial charge in [0.25, 0.3) is 0 Å². The highest BCUT2D eigenvalue weighted by Gasteiger charge is 2.17. The topological polar surface area (TPSA) is 94.5 Å². The van der Waals surface area contributed by atoms with Gasteiger partial charge in [-0.05, 0) is 35.0 Å². The minimum atomic E-state index is 0. The highest BCUT2D eigenvalue weighted by molar-refractivity contribution is 5.86. The Balaban J connectivity index is 0.00000171. The summed E-state index contributed by atoms with van der Waals surface area (Å²) in [6, 6.07) is 18.2. The molecule has 0 aliphatic carbocycles. The van der Waals surface area contributed by atoms with Gasteiger partial charge in [-0.15, -0.1) is 0 Å². The molecule has 0 unspecified atom stereocenters. The molecule has 1 N–H and O–H groups in total. The average Bonchev–Trinajstić information content (AvgIpc) is 2.88. The summed E-state index contributed by atoms with van der Waals surface area (Å²) >= 11 is 0. The lowest BCUT2D eigenvalue weighted by Crippen LogP contribution is -3.00. The van der Waals surface area contributed by atoms with Crippen LogP contribution in [0, 0.1) is 0 Å². The first-order chi connectivity index (χ1) is 16.3. The molecule has 11 heteroatoms. The summed E-state index contributed by atoms with van der Waals surface area (Å²) in [5, 5.41) is 5.60. The van der Waals surface area contributed by atoms with Crippen LogP contribution < -0.4 is 44.5 Å². The van der Waals surface area contributed by atoms with Gasteiger partial charge in [-0.25, -0.2) is 0 Å². The smallest absolute Gasteiger partial charge is 0.323 e. The molecule has 3 heterocycles. The molecule has 0 radical (unpaired) electrons. The van der Waals surface area contributed by atoms with Crippen molar-refractivity contribution in [1.82, 2.24) is 19.9 Å². The summed E-state index contributed by atoms with van der Waals surface area (Å²) in [6.45, 7) is 3.32. The maximum atomic E-state index is 5.80. The molecule has 0 atom stereocenters. The van der Waals surface area contributed by atoms with Crippen LogP contribution in [0.5, 0.6) is 11.8 Å². The van der Waals surface area contributed by atoms with E-state index in [4.69, 9.17) is 14.2 Å². The number of nitrogens with zero attached hydrogens (tertiary/aromatic N) is 5. The minimum absolute atomic E-state index is 0. The minimum Gasteiger partial charge on any atom is -1.00 e. The number of aromatic nitrogens is 4. The average molecular weight is 515 g/mol. The molecular weight excluding hydrogens is 491 g/mol. The Morgan fingerprint density at radius 3 is 2.46 bits per heavy atom. The van der Waals surface area contributed by atoms with Crippen LogP contribution in [0.1, 0.15) is 0 Å². The maximum absolute atomic E-state index is 5.80. The Hall–Kier alpha value is -3.40. The Bertz CT molecular complexity index is 1210. The summed E-state index contributed by atoms with van der Waals surface area (Å²) in [6.07, 6.45) is 3.36. The van der Waals surface area contributed by atoms with Crippen molar-refractivity contribution in [2.75, 3.05) is 49.7 Å². The van der Waals surface area contributed by atoms with Gasteiger partial charge in [-0.2, -0.15) is 15.0 Å². The molecule has 2 aromatic heterocycles. The number of benzene rings is 2. The number of nitrogens with one attached hydrogen (secondary N) is 1. The molecule has 1 fully saturated rings. The largest absolute Gasteiger partial charge is 1.00 e. The van der Waals surface area contributed by atoms with Crippen molar-refractivity contribution in [1.29, 1.82) is 0 Å². The summed E-state index contributed by atoms with van der Waals surface area (Å²) in [4.78, 5) is 19.7. The number of hydrogen-bond donors (Lipinski definition) is 1. The van der Waals surface area contributed by atoms with Crippen LogP contribution in [0.15, 0.2) is 67.0 Å². The molecule has 0 amide bonds. The van der Waals surface area contributed by atoms with E-state index in [0.717, 1.165) is 11.1 Å². The molecular formula is C24H24Cl2N6O3-2. The van der Waals surface area contributed by atoms with Gasteiger partial charge in [0.15, 0.2) is 0 Å². The van der Waals surface area contributed by atoms with Gasteiger partial charge in [-0.1, -0.05) is 30.3 Å². The van der Waals surface area contributed by atoms with Gasteiger partial charge in [0, 0.05) is 25.0 Å². The molecule has 1 aliphatic heterocycles. The molecule has 0 saturated carbocycles. The third-order valence-corrected chi connectivity index (χ3v) is 5.12. The second-order valence-electron chi connectivity index (χ2n) is 7.41. The molecule has 0 spiro atoms. The monoisotopic (exact) mass is 514 g/mol. The molecule has 2 aromatic carbocycles. The van der Waals surface area contributed by atoms with E-state index in [1.165, 1.54) is 5.39 Å². The molecule has 5 rings (SSSR count). The fourth-order valence-corrected chi connectivity index (χ4v) is 3.49. The van der Waals surface area contributed by atoms with E-state index in [1.54, 1.807) is 12.4 Å². The standard InChI is InChI=1S/C24H24N6O3.2ClH/c1-2-5-19-16-20(8-7-18(19)4-1)26-22-27-23(30-10-12-31-13-11-30)29-24(28-22)33-15-14-32-21-6-3-9-25-17-21;;/h1-9,16-17H,10-15H2,(H,26,27,28,29);2*1H/p-2. The zero-order valence-corrected chi connectivity index (χ0v) is 20.3. The number of fused-ring (bicyclic) bond motifs is 1. The van der Waals surface area contributed by atoms with Crippen molar-refractivity contribution in [3.63, 3.8) is 0 Å². The Kier molecular flexibility index (Phi) is 9.66. The van der Waals surface area contributed by atoms with Gasteiger partial charge >= 0.3 is 6.01 Å². The normalized spacial score (nSPS) is 12.9. The lowest BCUT2D eigenvalue weighted by Gasteiger charge is -2.27. The summed E-state index contributed by atoms with van der Waals surface area (Å²) in [7, 11) is 0. The molecule has 0 bridgehead atoms. The van der Waals surface area contributed by atoms with Crippen molar-refractivity contribution in [2.24, 2.45) is 0 Å². The van der Waals surface area contributed by atoms with E-state index in [0.29, 0.717) is 50.6 Å². The van der Waals surface area contributed by atoms with Gasteiger partial charge in [0.05, 0.1) is 19.4 Å². The van der Waals surface area contributed by atoms with Crippen molar-refractivity contribution in [3.8, 4) is 11.8 Å². The lowest BCUT2D eigenvalue weighted by atomic mass is 10.1. The van der Waals surface area contributed by atoms with E-state index in [9.17, 15) is 0 Å². The maximum Gasteiger partial charge on any atom is 0.323 e. The van der Waals surface area contributed by atoms with Crippen molar-refractivity contribution in [2.45, 2.75) is 0 Å². The number of hydrogen-bond acceptors (Lipinski definition) is 9. The van der Waals surface area contributed by atoms with Crippen LogP contribution in [0.25, 0.3) is 10.8 Å². The Morgan fingerprint density at radius 2 is 1.66 bits per heavy atom. The Morgan fingerprint density at radius 1 is 0.857 bits per heavy atom. The molecule has 1 saturated heterocycles. The SMILES string of the molecule is [Cl-].[Cl-].c1cncc(OCCOc2nc(Nc3ccc4ccccc4c3)nc(N3CCOCC3)n2)c1. The van der Waals surface area contributed by atoms with Crippen molar-refractivity contribution in [3.05, 3.63) is 67.0 Å². The number of morpholine rings is 1. The van der Waals surface area contributed by atoms with Crippen LogP contribution in [-0.4, -0.2) is 59.5 Å². The highest BCUT2D eigenvalue weighted by atomic mass is 35.5. The molecule has 4 aromatic rings. The molecule has 9 nitrogen and oxygen atoms in total. The predicted octanol–water partition coefficient (Wildman–Crippen LogP) is -2.53. The third-order valence-electron chi connectivity index (χ3n) is 5.12. The van der Waals surface area contributed by atoms with Crippen LogP contribution >= 0.6 is 0 Å². The van der Waals surface area contributed by atoms with Gasteiger partial charge < -0.3 is 49.2 Å². The zero-order chi connectivity index (χ0) is 22.3. The first kappa shape index (κ1) is 26.2. The second kappa shape index (κ2) is 12.9. The van der Waals surface area contributed by atoms with Crippen molar-refractivity contribution < 1.29 is 39.0 Å². The first-order valence-corrected chi connectivity index (χ1v) is 10.8. The third kappa shape index (κ3) is 7.05. The second-order valence-corrected chi connectivity index (χ2v) is 7.41. The Labute approximate surface area is 215 Å². The predicted molar refractivity (Wildman–Crippen MR) is 125 cm³/mol. The molecule has 35 heavy (non-hydrogen) atoms. The van der Waals surface area contributed by atoms with Crippen LogP contribution in [-0.2, 0) is 4.74 Å².